The Morgan fingerprint density at radius 3 is 2.60 bits per heavy atom. The van der Waals surface area contributed by atoms with Crippen LogP contribution in [0, 0.1) is 11.6 Å². The lowest BCUT2D eigenvalue weighted by Gasteiger charge is -2.18. The van der Waals surface area contributed by atoms with Crippen molar-refractivity contribution in [2.24, 2.45) is 0 Å². The van der Waals surface area contributed by atoms with Crippen LogP contribution in [0.15, 0.2) is 45.3 Å². The van der Waals surface area contributed by atoms with Crippen LogP contribution in [0.4, 0.5) is 8.78 Å². The standard InChI is InChI=1S/C15H13Br2F2N/c1-20-14(11-3-2-4-12(17)15(11)19)8-9-7-10(16)5-6-13(9)18/h2-7,14,20H,8H2,1H3. The summed E-state index contributed by atoms with van der Waals surface area (Å²) < 4.78 is 29.2. The van der Waals surface area contributed by atoms with Gasteiger partial charge in [0.25, 0.3) is 0 Å². The molecule has 0 heterocycles. The summed E-state index contributed by atoms with van der Waals surface area (Å²) in [6.07, 6.45) is 0.370. The predicted molar refractivity (Wildman–Crippen MR) is 83.7 cm³/mol. The van der Waals surface area contributed by atoms with E-state index in [9.17, 15) is 8.78 Å². The van der Waals surface area contributed by atoms with Crippen molar-refractivity contribution < 1.29 is 8.78 Å². The SMILES string of the molecule is CNC(Cc1cc(Br)ccc1F)c1cccc(Br)c1F. The molecule has 2 aromatic rings. The molecule has 1 nitrogen and oxygen atoms in total. The molecule has 0 aliphatic carbocycles. The monoisotopic (exact) mass is 403 g/mol. The topological polar surface area (TPSA) is 12.0 Å². The fraction of sp³-hybridized carbons (Fsp3) is 0.200. The molecule has 0 saturated carbocycles. The van der Waals surface area contributed by atoms with Crippen molar-refractivity contribution in [3.8, 4) is 0 Å². The number of rotatable bonds is 4. The van der Waals surface area contributed by atoms with E-state index in [1.165, 1.54) is 6.07 Å². The second kappa shape index (κ2) is 6.78. The Hall–Kier alpha value is -0.780. The van der Waals surface area contributed by atoms with Gasteiger partial charge in [0.1, 0.15) is 11.6 Å². The molecule has 0 fully saturated rings. The molecule has 0 aromatic heterocycles. The van der Waals surface area contributed by atoms with Gasteiger partial charge in [0.05, 0.1) is 4.47 Å². The Balaban J connectivity index is 2.34. The third kappa shape index (κ3) is 3.45. The van der Waals surface area contributed by atoms with Crippen LogP contribution >= 0.6 is 31.9 Å². The summed E-state index contributed by atoms with van der Waals surface area (Å²) in [5, 5.41) is 3.04. The molecule has 0 saturated heterocycles. The Morgan fingerprint density at radius 2 is 1.90 bits per heavy atom. The Kier molecular flexibility index (Phi) is 5.29. The van der Waals surface area contributed by atoms with Gasteiger partial charge < -0.3 is 5.32 Å². The first-order valence-corrected chi connectivity index (χ1v) is 7.66. The van der Waals surface area contributed by atoms with Gasteiger partial charge in [-0.15, -0.1) is 0 Å². The highest BCUT2D eigenvalue weighted by Gasteiger charge is 2.18. The summed E-state index contributed by atoms with van der Waals surface area (Å²) in [5.41, 5.74) is 1.05. The lowest BCUT2D eigenvalue weighted by molar-refractivity contribution is 0.517. The lowest BCUT2D eigenvalue weighted by atomic mass is 9.98. The average molecular weight is 405 g/mol. The molecular formula is C15H13Br2F2N. The summed E-state index contributed by atoms with van der Waals surface area (Å²) in [6.45, 7) is 0. The average Bonchev–Trinajstić information content (AvgIpc) is 2.43. The first-order valence-electron chi connectivity index (χ1n) is 6.08. The van der Waals surface area contributed by atoms with Crippen molar-refractivity contribution in [2.45, 2.75) is 12.5 Å². The maximum absolute atomic E-state index is 14.1. The Bertz CT molecular complexity index is 617. The molecule has 1 N–H and O–H groups in total. The van der Waals surface area contributed by atoms with Gasteiger partial charge in [-0.05, 0) is 59.2 Å². The maximum Gasteiger partial charge on any atom is 0.142 e. The zero-order chi connectivity index (χ0) is 14.7. The molecule has 106 valence electrons. The van der Waals surface area contributed by atoms with Gasteiger partial charge in [-0.25, -0.2) is 8.78 Å². The minimum Gasteiger partial charge on any atom is -0.313 e. The van der Waals surface area contributed by atoms with Crippen molar-refractivity contribution in [2.75, 3.05) is 7.05 Å². The minimum atomic E-state index is -0.317. The zero-order valence-electron chi connectivity index (χ0n) is 10.8. The Labute approximate surface area is 133 Å². The van der Waals surface area contributed by atoms with Crippen molar-refractivity contribution >= 4 is 31.9 Å². The van der Waals surface area contributed by atoms with E-state index in [0.29, 0.717) is 22.0 Å². The number of likely N-dealkylation sites (N-methyl/N-ethyl adjacent to an activating group) is 1. The number of benzene rings is 2. The van der Waals surface area contributed by atoms with Crippen LogP contribution in [0.25, 0.3) is 0 Å². The van der Waals surface area contributed by atoms with Crippen LogP contribution in [0.2, 0.25) is 0 Å². The molecule has 0 aliphatic rings. The van der Waals surface area contributed by atoms with Gasteiger partial charge in [-0.3, -0.25) is 0 Å². The summed E-state index contributed by atoms with van der Waals surface area (Å²) in [6, 6.07) is 9.59. The third-order valence-electron chi connectivity index (χ3n) is 3.14. The van der Waals surface area contributed by atoms with E-state index in [4.69, 9.17) is 0 Å². The van der Waals surface area contributed by atoms with E-state index < -0.39 is 0 Å². The first-order chi connectivity index (χ1) is 9.52. The Morgan fingerprint density at radius 1 is 1.15 bits per heavy atom. The van der Waals surface area contributed by atoms with Crippen LogP contribution in [0.1, 0.15) is 17.2 Å². The van der Waals surface area contributed by atoms with Crippen molar-refractivity contribution in [3.05, 3.63) is 68.1 Å². The van der Waals surface area contributed by atoms with Crippen molar-refractivity contribution in [1.29, 1.82) is 0 Å². The molecular weight excluding hydrogens is 392 g/mol. The highest BCUT2D eigenvalue weighted by atomic mass is 79.9. The lowest BCUT2D eigenvalue weighted by Crippen LogP contribution is -2.20. The smallest absolute Gasteiger partial charge is 0.142 e. The summed E-state index contributed by atoms with van der Waals surface area (Å²) in [5.74, 6) is -0.605. The number of halogens is 4. The molecule has 0 aliphatic heterocycles. The first kappa shape index (κ1) is 15.6. The highest BCUT2D eigenvalue weighted by molar-refractivity contribution is 9.10. The molecule has 1 unspecified atom stereocenters. The number of hydrogen-bond acceptors (Lipinski definition) is 1. The van der Waals surface area contributed by atoms with Crippen LogP contribution in [-0.4, -0.2) is 7.05 Å². The van der Waals surface area contributed by atoms with Gasteiger partial charge in [-0.2, -0.15) is 0 Å². The van der Waals surface area contributed by atoms with Gasteiger partial charge in [-0.1, -0.05) is 28.1 Å². The van der Waals surface area contributed by atoms with E-state index in [-0.39, 0.29) is 17.7 Å². The van der Waals surface area contributed by atoms with Crippen LogP contribution in [0.5, 0.6) is 0 Å². The normalized spacial score (nSPS) is 12.4. The highest BCUT2D eigenvalue weighted by Crippen LogP contribution is 2.27. The molecule has 0 spiro atoms. The fourth-order valence-corrected chi connectivity index (χ4v) is 2.87. The molecule has 2 aromatic carbocycles. The third-order valence-corrected chi connectivity index (χ3v) is 4.24. The minimum absolute atomic E-state index is 0.288. The quantitative estimate of drug-likeness (QED) is 0.756. The summed E-state index contributed by atoms with van der Waals surface area (Å²) in [7, 11) is 1.74. The van der Waals surface area contributed by atoms with E-state index in [0.717, 1.165) is 4.47 Å². The molecule has 2 rings (SSSR count). The van der Waals surface area contributed by atoms with E-state index in [1.807, 2.05) is 0 Å². The fourth-order valence-electron chi connectivity index (χ4n) is 2.08. The molecule has 0 radical (unpaired) electrons. The number of nitrogens with one attached hydrogen (secondary N) is 1. The summed E-state index contributed by atoms with van der Waals surface area (Å²) in [4.78, 5) is 0. The van der Waals surface area contributed by atoms with E-state index >= 15 is 0 Å². The van der Waals surface area contributed by atoms with Gasteiger partial charge in [0, 0.05) is 16.1 Å². The largest absolute Gasteiger partial charge is 0.313 e. The van der Waals surface area contributed by atoms with Gasteiger partial charge >= 0.3 is 0 Å². The molecule has 1 atom stereocenters. The zero-order valence-corrected chi connectivity index (χ0v) is 13.9. The molecule has 0 bridgehead atoms. The predicted octanol–water partition coefficient (Wildman–Crippen LogP) is 4.99. The maximum atomic E-state index is 14.1. The van der Waals surface area contributed by atoms with E-state index in [2.05, 4.69) is 37.2 Å². The van der Waals surface area contributed by atoms with Crippen molar-refractivity contribution in [1.82, 2.24) is 5.32 Å². The van der Waals surface area contributed by atoms with Gasteiger partial charge in [0.2, 0.25) is 0 Å². The molecule has 5 heteroatoms. The van der Waals surface area contributed by atoms with Crippen molar-refractivity contribution in [3.63, 3.8) is 0 Å². The number of hydrogen-bond donors (Lipinski definition) is 1. The molecule has 0 amide bonds. The van der Waals surface area contributed by atoms with Crippen LogP contribution in [-0.2, 0) is 6.42 Å². The summed E-state index contributed by atoms with van der Waals surface area (Å²) >= 11 is 6.49. The molecule has 20 heavy (non-hydrogen) atoms. The second-order valence-corrected chi connectivity index (χ2v) is 6.19. The second-order valence-electron chi connectivity index (χ2n) is 4.42. The van der Waals surface area contributed by atoms with E-state index in [1.54, 1.807) is 37.4 Å². The van der Waals surface area contributed by atoms with Gasteiger partial charge in [0.15, 0.2) is 0 Å². The van der Waals surface area contributed by atoms with Crippen LogP contribution < -0.4 is 5.32 Å². The van der Waals surface area contributed by atoms with Crippen LogP contribution in [0.3, 0.4) is 0 Å².